The number of hydrogen-bond acceptors (Lipinski definition) is 4. The molecule has 2 aromatic rings. The number of rotatable bonds is 2. The lowest BCUT2D eigenvalue weighted by molar-refractivity contribution is 0.0730. The lowest BCUT2D eigenvalue weighted by Gasteiger charge is -2.26. The van der Waals surface area contributed by atoms with E-state index in [9.17, 15) is 4.79 Å². The second-order valence-electron chi connectivity index (χ2n) is 5.38. The summed E-state index contributed by atoms with van der Waals surface area (Å²) in [5.74, 6) is 0.00875. The molecule has 1 aliphatic rings. The third-order valence-electron chi connectivity index (χ3n) is 3.98. The summed E-state index contributed by atoms with van der Waals surface area (Å²) >= 11 is 0. The van der Waals surface area contributed by atoms with E-state index < -0.39 is 0 Å². The van der Waals surface area contributed by atoms with E-state index in [1.165, 1.54) is 0 Å². The van der Waals surface area contributed by atoms with E-state index in [1.54, 1.807) is 0 Å². The molecule has 0 bridgehead atoms. The third-order valence-corrected chi connectivity index (χ3v) is 3.98. The number of nitrogens with one attached hydrogen (secondary N) is 2. The lowest BCUT2D eigenvalue weighted by atomic mass is 10.1. The highest BCUT2D eigenvalue weighted by Crippen LogP contribution is 2.25. The number of piperazine rings is 1. The van der Waals surface area contributed by atoms with Gasteiger partial charge in [-0.05, 0) is 19.9 Å². The van der Waals surface area contributed by atoms with Crippen molar-refractivity contribution in [3.05, 3.63) is 23.1 Å². The average Bonchev–Trinajstić information content (AvgIpc) is 3.05. The SMILES string of the molecule is Cc1nn(C)c(C)c1-c1cc(C(=O)N2CCNCC2)[nH]n1. The van der Waals surface area contributed by atoms with Gasteiger partial charge in [-0.3, -0.25) is 14.6 Å². The van der Waals surface area contributed by atoms with E-state index in [1.807, 2.05) is 36.5 Å². The zero-order chi connectivity index (χ0) is 15.0. The van der Waals surface area contributed by atoms with Gasteiger partial charge in [-0.2, -0.15) is 10.2 Å². The minimum Gasteiger partial charge on any atom is -0.335 e. The van der Waals surface area contributed by atoms with Crippen LogP contribution in [0.1, 0.15) is 21.9 Å². The van der Waals surface area contributed by atoms with E-state index in [-0.39, 0.29) is 5.91 Å². The van der Waals surface area contributed by atoms with Crippen molar-refractivity contribution in [2.75, 3.05) is 26.2 Å². The van der Waals surface area contributed by atoms with Gasteiger partial charge in [-0.25, -0.2) is 0 Å². The number of amides is 1. The van der Waals surface area contributed by atoms with Crippen molar-refractivity contribution in [1.82, 2.24) is 30.2 Å². The van der Waals surface area contributed by atoms with Crippen molar-refractivity contribution >= 4 is 5.91 Å². The highest BCUT2D eigenvalue weighted by molar-refractivity contribution is 5.93. The molecule has 0 atom stereocenters. The molecule has 0 radical (unpaired) electrons. The molecular weight excluding hydrogens is 268 g/mol. The standard InChI is InChI=1S/C14H20N6O/c1-9-13(10(2)19(3)18-9)11-8-12(17-16-11)14(21)20-6-4-15-5-7-20/h8,15H,4-7H2,1-3H3,(H,16,17). The molecule has 1 aliphatic heterocycles. The number of hydrogen-bond donors (Lipinski definition) is 2. The van der Waals surface area contributed by atoms with E-state index in [4.69, 9.17) is 0 Å². The number of aryl methyl sites for hydroxylation is 2. The molecule has 2 N–H and O–H groups in total. The minimum atomic E-state index is 0.00875. The molecule has 112 valence electrons. The summed E-state index contributed by atoms with van der Waals surface area (Å²) in [7, 11) is 1.91. The third kappa shape index (κ3) is 2.44. The quantitative estimate of drug-likeness (QED) is 0.842. The molecule has 0 aromatic carbocycles. The first-order valence-corrected chi connectivity index (χ1v) is 7.14. The normalized spacial score (nSPS) is 15.5. The van der Waals surface area contributed by atoms with Gasteiger partial charge in [-0.1, -0.05) is 0 Å². The van der Waals surface area contributed by atoms with Crippen LogP contribution < -0.4 is 5.32 Å². The first-order valence-electron chi connectivity index (χ1n) is 7.14. The van der Waals surface area contributed by atoms with Crippen molar-refractivity contribution in [2.24, 2.45) is 7.05 Å². The van der Waals surface area contributed by atoms with Crippen molar-refractivity contribution in [3.63, 3.8) is 0 Å². The van der Waals surface area contributed by atoms with E-state index >= 15 is 0 Å². The maximum absolute atomic E-state index is 12.4. The van der Waals surface area contributed by atoms with Crippen LogP contribution in [-0.4, -0.2) is 57.0 Å². The van der Waals surface area contributed by atoms with Crippen LogP contribution in [0.3, 0.4) is 0 Å². The van der Waals surface area contributed by atoms with E-state index in [0.717, 1.165) is 48.8 Å². The van der Waals surface area contributed by atoms with Gasteiger partial charge in [0, 0.05) is 44.5 Å². The number of nitrogens with zero attached hydrogens (tertiary/aromatic N) is 4. The molecule has 2 aromatic heterocycles. The molecular formula is C14H20N6O. The fraction of sp³-hybridized carbons (Fsp3) is 0.500. The summed E-state index contributed by atoms with van der Waals surface area (Å²) in [6, 6.07) is 1.82. The largest absolute Gasteiger partial charge is 0.335 e. The molecule has 1 amide bonds. The molecule has 3 rings (SSSR count). The van der Waals surface area contributed by atoms with Crippen LogP contribution in [0.4, 0.5) is 0 Å². The second kappa shape index (κ2) is 5.33. The molecule has 3 heterocycles. The highest BCUT2D eigenvalue weighted by atomic mass is 16.2. The van der Waals surface area contributed by atoms with Crippen molar-refractivity contribution < 1.29 is 4.79 Å². The van der Waals surface area contributed by atoms with Crippen LogP contribution in [-0.2, 0) is 7.05 Å². The van der Waals surface area contributed by atoms with Gasteiger partial charge in [0.1, 0.15) is 5.69 Å². The van der Waals surface area contributed by atoms with Crippen LogP contribution in [0, 0.1) is 13.8 Å². The Bertz CT molecular complexity index is 665. The summed E-state index contributed by atoms with van der Waals surface area (Å²) in [4.78, 5) is 14.3. The molecule has 1 saturated heterocycles. The predicted octanol–water partition coefficient (Wildman–Crippen LogP) is 0.472. The molecule has 1 fully saturated rings. The van der Waals surface area contributed by atoms with Gasteiger partial charge in [0.2, 0.25) is 0 Å². The van der Waals surface area contributed by atoms with Gasteiger partial charge in [0.25, 0.3) is 5.91 Å². The summed E-state index contributed by atoms with van der Waals surface area (Å²) in [5.41, 5.74) is 4.27. The van der Waals surface area contributed by atoms with E-state index in [0.29, 0.717) is 5.69 Å². The molecule has 21 heavy (non-hydrogen) atoms. The maximum atomic E-state index is 12.4. The van der Waals surface area contributed by atoms with Crippen LogP contribution in [0.5, 0.6) is 0 Å². The predicted molar refractivity (Wildman–Crippen MR) is 79.0 cm³/mol. The van der Waals surface area contributed by atoms with Crippen LogP contribution >= 0.6 is 0 Å². The summed E-state index contributed by atoms with van der Waals surface area (Å²) in [6.45, 7) is 7.11. The zero-order valence-electron chi connectivity index (χ0n) is 12.6. The molecule has 7 heteroatoms. The highest BCUT2D eigenvalue weighted by Gasteiger charge is 2.21. The number of carbonyl (C=O) groups excluding carboxylic acids is 1. The Hall–Kier alpha value is -2.15. The van der Waals surface area contributed by atoms with Crippen molar-refractivity contribution in [2.45, 2.75) is 13.8 Å². The minimum absolute atomic E-state index is 0.00875. The van der Waals surface area contributed by atoms with Crippen LogP contribution in [0.25, 0.3) is 11.3 Å². The topological polar surface area (TPSA) is 78.8 Å². The van der Waals surface area contributed by atoms with Gasteiger partial charge in [0.15, 0.2) is 0 Å². The number of H-pyrrole nitrogens is 1. The molecule has 0 spiro atoms. The summed E-state index contributed by atoms with van der Waals surface area (Å²) in [6.07, 6.45) is 0. The van der Waals surface area contributed by atoms with Crippen molar-refractivity contribution in [1.29, 1.82) is 0 Å². The Morgan fingerprint density at radius 3 is 2.62 bits per heavy atom. The molecule has 7 nitrogen and oxygen atoms in total. The maximum Gasteiger partial charge on any atom is 0.271 e. The Kier molecular flexibility index (Phi) is 3.50. The van der Waals surface area contributed by atoms with Gasteiger partial charge in [0.05, 0.1) is 11.4 Å². The average molecular weight is 288 g/mol. The lowest BCUT2D eigenvalue weighted by Crippen LogP contribution is -2.46. The monoisotopic (exact) mass is 288 g/mol. The fourth-order valence-corrected chi connectivity index (χ4v) is 2.74. The molecule has 0 aliphatic carbocycles. The Morgan fingerprint density at radius 1 is 1.29 bits per heavy atom. The van der Waals surface area contributed by atoms with Gasteiger partial charge in [-0.15, -0.1) is 0 Å². The molecule has 0 saturated carbocycles. The van der Waals surface area contributed by atoms with Gasteiger partial charge >= 0.3 is 0 Å². The summed E-state index contributed by atoms with van der Waals surface area (Å²) in [5, 5.41) is 14.8. The number of aromatic nitrogens is 4. The van der Waals surface area contributed by atoms with Crippen LogP contribution in [0.15, 0.2) is 6.07 Å². The summed E-state index contributed by atoms with van der Waals surface area (Å²) < 4.78 is 1.83. The van der Waals surface area contributed by atoms with Crippen LogP contribution in [0.2, 0.25) is 0 Å². The first-order chi connectivity index (χ1) is 10.1. The number of aromatic amines is 1. The fourth-order valence-electron chi connectivity index (χ4n) is 2.74. The number of carbonyl (C=O) groups is 1. The van der Waals surface area contributed by atoms with Crippen molar-refractivity contribution in [3.8, 4) is 11.3 Å². The Balaban J connectivity index is 1.87. The smallest absolute Gasteiger partial charge is 0.271 e. The second-order valence-corrected chi connectivity index (χ2v) is 5.38. The van der Waals surface area contributed by atoms with Gasteiger partial charge < -0.3 is 10.2 Å². The Labute approximate surface area is 123 Å². The first kappa shape index (κ1) is 13.8. The van der Waals surface area contributed by atoms with E-state index in [2.05, 4.69) is 20.6 Å². The zero-order valence-corrected chi connectivity index (χ0v) is 12.6. The molecule has 0 unspecified atom stereocenters. The Morgan fingerprint density at radius 2 is 2.00 bits per heavy atom.